The van der Waals surface area contributed by atoms with Crippen LogP contribution in [0.5, 0.6) is 0 Å². The summed E-state index contributed by atoms with van der Waals surface area (Å²) in [6, 6.07) is 14.4. The van der Waals surface area contributed by atoms with E-state index >= 15 is 0 Å². The molecule has 1 aliphatic heterocycles. The summed E-state index contributed by atoms with van der Waals surface area (Å²) in [5, 5.41) is 8.12. The van der Waals surface area contributed by atoms with Crippen LogP contribution in [-0.2, 0) is 4.74 Å². The van der Waals surface area contributed by atoms with Gasteiger partial charge >= 0.3 is 0 Å². The maximum absolute atomic E-state index is 5.44. The Bertz CT molecular complexity index is 917. The molecule has 1 aliphatic rings. The molecule has 0 bridgehead atoms. The number of ether oxygens (including phenoxy) is 1. The highest BCUT2D eigenvalue weighted by atomic mass is 32.1. The summed E-state index contributed by atoms with van der Waals surface area (Å²) in [6.45, 7) is 5.47. The Morgan fingerprint density at radius 2 is 1.77 bits per heavy atom. The number of rotatable bonds is 3. The smallest absolute Gasteiger partial charge is 0.175 e. The van der Waals surface area contributed by atoms with Crippen LogP contribution in [0, 0.1) is 6.92 Å². The second-order valence-corrected chi connectivity index (χ2v) is 7.78. The molecule has 4 rings (SSSR count). The van der Waals surface area contributed by atoms with Gasteiger partial charge in [-0.05, 0) is 61.6 Å². The van der Waals surface area contributed by atoms with Crippen LogP contribution >= 0.6 is 23.6 Å². The van der Waals surface area contributed by atoms with Crippen LogP contribution in [0.2, 0.25) is 0 Å². The van der Waals surface area contributed by atoms with Crippen molar-refractivity contribution in [2.75, 3.05) is 41.8 Å². The lowest BCUT2D eigenvalue weighted by atomic mass is 10.2. The van der Waals surface area contributed by atoms with E-state index in [2.05, 4.69) is 50.8 Å². The number of hydrogen-bond donors (Lipinski definition) is 2. The molecule has 0 radical (unpaired) electrons. The molecule has 134 valence electrons. The van der Waals surface area contributed by atoms with E-state index in [0.29, 0.717) is 5.11 Å². The number of morpholine rings is 1. The minimum absolute atomic E-state index is 0.574. The number of nitrogens with one attached hydrogen (secondary N) is 2. The third-order valence-electron chi connectivity index (χ3n) is 4.25. The standard InChI is InChI=1S/C19H20N4OS2/c1-13-20-17-7-4-15(12-18(17)26-13)22-19(25)21-14-2-5-16(6-3-14)23-8-10-24-11-9-23/h2-7,12H,8-11H2,1H3,(H2,21,22,25). The molecular weight excluding hydrogens is 364 g/mol. The van der Waals surface area contributed by atoms with Gasteiger partial charge in [-0.2, -0.15) is 0 Å². The first kappa shape index (κ1) is 17.2. The maximum Gasteiger partial charge on any atom is 0.175 e. The lowest BCUT2D eigenvalue weighted by Gasteiger charge is -2.29. The molecule has 1 fully saturated rings. The van der Waals surface area contributed by atoms with Gasteiger partial charge in [-0.15, -0.1) is 11.3 Å². The molecule has 2 N–H and O–H groups in total. The monoisotopic (exact) mass is 384 g/mol. The van der Waals surface area contributed by atoms with Gasteiger partial charge in [-0.3, -0.25) is 0 Å². The van der Waals surface area contributed by atoms with Gasteiger partial charge in [0.05, 0.1) is 28.4 Å². The van der Waals surface area contributed by atoms with Crippen LogP contribution < -0.4 is 15.5 Å². The largest absolute Gasteiger partial charge is 0.378 e. The predicted molar refractivity (Wildman–Crippen MR) is 114 cm³/mol. The zero-order chi connectivity index (χ0) is 17.9. The van der Waals surface area contributed by atoms with Crippen molar-refractivity contribution in [3.8, 4) is 0 Å². The summed E-state index contributed by atoms with van der Waals surface area (Å²) in [7, 11) is 0. The highest BCUT2D eigenvalue weighted by Gasteiger charge is 2.11. The topological polar surface area (TPSA) is 49.4 Å². The first-order chi connectivity index (χ1) is 12.7. The number of thiocarbonyl (C=S) groups is 1. The Kier molecular flexibility index (Phi) is 5.01. The van der Waals surface area contributed by atoms with E-state index in [1.165, 1.54) is 5.69 Å². The molecule has 1 saturated heterocycles. The fourth-order valence-corrected chi connectivity index (χ4v) is 4.09. The molecule has 5 nitrogen and oxygen atoms in total. The highest BCUT2D eigenvalue weighted by molar-refractivity contribution is 7.80. The normalized spacial score (nSPS) is 14.4. The third-order valence-corrected chi connectivity index (χ3v) is 5.39. The molecule has 0 aliphatic carbocycles. The van der Waals surface area contributed by atoms with Gasteiger partial charge in [0, 0.05) is 30.2 Å². The lowest BCUT2D eigenvalue weighted by Crippen LogP contribution is -2.36. The Hall–Kier alpha value is -2.22. The van der Waals surface area contributed by atoms with Crippen LogP contribution in [0.15, 0.2) is 42.5 Å². The molecule has 3 aromatic rings. The average molecular weight is 385 g/mol. The van der Waals surface area contributed by atoms with E-state index in [0.717, 1.165) is 52.9 Å². The summed E-state index contributed by atoms with van der Waals surface area (Å²) in [4.78, 5) is 6.81. The molecule has 0 atom stereocenters. The van der Waals surface area contributed by atoms with E-state index in [1.807, 2.05) is 19.1 Å². The van der Waals surface area contributed by atoms with Gasteiger partial charge in [0.25, 0.3) is 0 Å². The summed E-state index contributed by atoms with van der Waals surface area (Å²) in [5.74, 6) is 0. The average Bonchev–Trinajstić information content (AvgIpc) is 3.02. The van der Waals surface area contributed by atoms with Crippen LogP contribution in [0.25, 0.3) is 10.2 Å². The zero-order valence-corrected chi connectivity index (χ0v) is 16.1. The number of nitrogens with zero attached hydrogens (tertiary/aromatic N) is 2. The van der Waals surface area contributed by atoms with Crippen LogP contribution in [0.3, 0.4) is 0 Å². The minimum atomic E-state index is 0.574. The van der Waals surface area contributed by atoms with Crippen molar-refractivity contribution in [3.05, 3.63) is 47.5 Å². The SMILES string of the molecule is Cc1nc2ccc(NC(=S)Nc3ccc(N4CCOCC4)cc3)cc2s1. The van der Waals surface area contributed by atoms with Crippen molar-refractivity contribution >= 4 is 55.9 Å². The van der Waals surface area contributed by atoms with E-state index in [9.17, 15) is 0 Å². The van der Waals surface area contributed by atoms with Crippen molar-refractivity contribution in [2.24, 2.45) is 0 Å². The Balaban J connectivity index is 1.38. The number of hydrogen-bond acceptors (Lipinski definition) is 5. The predicted octanol–water partition coefficient (Wildman–Crippen LogP) is 4.25. The summed E-state index contributed by atoms with van der Waals surface area (Å²) >= 11 is 7.13. The van der Waals surface area contributed by atoms with Crippen LogP contribution in [-0.4, -0.2) is 36.4 Å². The number of aromatic nitrogens is 1. The first-order valence-electron chi connectivity index (χ1n) is 8.55. The number of fused-ring (bicyclic) bond motifs is 1. The molecule has 0 amide bonds. The molecular formula is C19H20N4OS2. The minimum Gasteiger partial charge on any atom is -0.378 e. The number of aryl methyl sites for hydroxylation is 1. The quantitative estimate of drug-likeness (QED) is 0.659. The van der Waals surface area contributed by atoms with E-state index in [4.69, 9.17) is 17.0 Å². The lowest BCUT2D eigenvalue weighted by molar-refractivity contribution is 0.122. The fourth-order valence-electron chi connectivity index (χ4n) is 2.99. The third kappa shape index (κ3) is 3.95. The second-order valence-electron chi connectivity index (χ2n) is 6.14. The number of anilines is 3. The molecule has 0 saturated carbocycles. The Labute approximate surface area is 162 Å². The Morgan fingerprint density at radius 3 is 2.54 bits per heavy atom. The number of thiazole rings is 1. The van der Waals surface area contributed by atoms with E-state index in [1.54, 1.807) is 11.3 Å². The maximum atomic E-state index is 5.44. The summed E-state index contributed by atoms with van der Waals surface area (Å²) < 4.78 is 6.56. The van der Waals surface area contributed by atoms with Crippen molar-refractivity contribution in [1.29, 1.82) is 0 Å². The molecule has 0 spiro atoms. The van der Waals surface area contributed by atoms with Gasteiger partial charge in [0.2, 0.25) is 0 Å². The van der Waals surface area contributed by atoms with E-state index < -0.39 is 0 Å². The van der Waals surface area contributed by atoms with Crippen molar-refractivity contribution in [1.82, 2.24) is 4.98 Å². The van der Waals surface area contributed by atoms with E-state index in [-0.39, 0.29) is 0 Å². The summed E-state index contributed by atoms with van der Waals surface area (Å²) in [6.07, 6.45) is 0. The molecule has 2 heterocycles. The fraction of sp³-hybridized carbons (Fsp3) is 0.263. The van der Waals surface area contributed by atoms with Crippen molar-refractivity contribution < 1.29 is 4.74 Å². The second kappa shape index (κ2) is 7.57. The molecule has 1 aromatic heterocycles. The van der Waals surface area contributed by atoms with Crippen molar-refractivity contribution in [2.45, 2.75) is 6.92 Å². The van der Waals surface area contributed by atoms with Gasteiger partial charge in [-0.25, -0.2) is 4.98 Å². The van der Waals surface area contributed by atoms with Crippen molar-refractivity contribution in [3.63, 3.8) is 0 Å². The van der Waals surface area contributed by atoms with Gasteiger partial charge in [-0.1, -0.05) is 0 Å². The molecule has 7 heteroatoms. The highest BCUT2D eigenvalue weighted by Crippen LogP contribution is 2.25. The van der Waals surface area contributed by atoms with Crippen LogP contribution in [0.1, 0.15) is 5.01 Å². The van der Waals surface area contributed by atoms with Crippen LogP contribution in [0.4, 0.5) is 17.1 Å². The van der Waals surface area contributed by atoms with Gasteiger partial charge < -0.3 is 20.3 Å². The van der Waals surface area contributed by atoms with Gasteiger partial charge in [0.15, 0.2) is 5.11 Å². The molecule has 0 unspecified atom stereocenters. The molecule has 26 heavy (non-hydrogen) atoms. The summed E-state index contributed by atoms with van der Waals surface area (Å²) in [5.41, 5.74) is 4.16. The van der Waals surface area contributed by atoms with Gasteiger partial charge in [0.1, 0.15) is 0 Å². The first-order valence-corrected chi connectivity index (χ1v) is 9.78. The number of benzene rings is 2. The Morgan fingerprint density at radius 1 is 1.08 bits per heavy atom. The zero-order valence-electron chi connectivity index (χ0n) is 14.5. The molecule has 2 aromatic carbocycles.